The number of hydrogen-bond donors (Lipinski definition) is 1. The zero-order valence-electron chi connectivity index (χ0n) is 18.6. The van der Waals surface area contributed by atoms with E-state index in [4.69, 9.17) is 11.6 Å². The maximum atomic E-state index is 13.3. The van der Waals surface area contributed by atoms with Crippen molar-refractivity contribution in [2.75, 3.05) is 0 Å². The van der Waals surface area contributed by atoms with E-state index in [1.165, 1.54) is 12.1 Å². The van der Waals surface area contributed by atoms with Crippen LogP contribution in [-0.4, -0.2) is 25.1 Å². The maximum Gasteiger partial charge on any atom is 0.263 e. The molecule has 7 nitrogen and oxygen atoms in total. The first kappa shape index (κ1) is 22.7. The van der Waals surface area contributed by atoms with Crippen LogP contribution in [0, 0.1) is 5.82 Å². The lowest BCUT2D eigenvalue weighted by Gasteiger charge is -2.12. The van der Waals surface area contributed by atoms with Crippen LogP contribution in [0.3, 0.4) is 0 Å². The molecule has 0 radical (unpaired) electrons. The molecule has 3 aromatic carbocycles. The molecule has 0 saturated carbocycles. The van der Waals surface area contributed by atoms with Gasteiger partial charge in [0.25, 0.3) is 5.56 Å². The highest BCUT2D eigenvalue weighted by Crippen LogP contribution is 2.19. The first-order valence-corrected chi connectivity index (χ1v) is 11.5. The standard InChI is InChI=1S/C26H21ClFN5O2/c27-21-7-3-1-5-18(21)16-32-25(35)20-6-2-4-8-22(20)33-23(30-31-26(32)33)13-14-24(34)29-15-17-9-11-19(28)12-10-17/h1-12H,13-16H2,(H,29,34). The Morgan fingerprint density at radius 2 is 1.71 bits per heavy atom. The number of aromatic nitrogens is 4. The number of nitrogens with zero attached hydrogens (tertiary/aromatic N) is 4. The molecule has 1 N–H and O–H groups in total. The summed E-state index contributed by atoms with van der Waals surface area (Å²) in [5.41, 5.74) is 2.08. The lowest BCUT2D eigenvalue weighted by molar-refractivity contribution is -0.121. The minimum atomic E-state index is -0.320. The van der Waals surface area contributed by atoms with Crippen LogP contribution in [0.1, 0.15) is 23.4 Å². The Morgan fingerprint density at radius 3 is 2.51 bits per heavy atom. The zero-order valence-corrected chi connectivity index (χ0v) is 19.4. The number of para-hydroxylation sites is 1. The van der Waals surface area contributed by atoms with Gasteiger partial charge in [-0.15, -0.1) is 10.2 Å². The van der Waals surface area contributed by atoms with E-state index in [1.807, 2.05) is 40.8 Å². The van der Waals surface area contributed by atoms with Crippen molar-refractivity contribution in [3.8, 4) is 0 Å². The van der Waals surface area contributed by atoms with Crippen LogP contribution in [0.4, 0.5) is 4.39 Å². The predicted molar refractivity (Wildman–Crippen MR) is 132 cm³/mol. The number of benzene rings is 3. The summed E-state index contributed by atoms with van der Waals surface area (Å²) in [6.07, 6.45) is 0.505. The Morgan fingerprint density at radius 1 is 0.971 bits per heavy atom. The summed E-state index contributed by atoms with van der Waals surface area (Å²) in [7, 11) is 0. The van der Waals surface area contributed by atoms with Crippen molar-refractivity contribution >= 4 is 34.2 Å². The lowest BCUT2D eigenvalue weighted by atomic mass is 10.2. The van der Waals surface area contributed by atoms with E-state index >= 15 is 0 Å². The van der Waals surface area contributed by atoms with Crippen molar-refractivity contribution in [1.29, 1.82) is 0 Å². The molecule has 35 heavy (non-hydrogen) atoms. The summed E-state index contributed by atoms with van der Waals surface area (Å²) in [5, 5.41) is 12.5. The smallest absolute Gasteiger partial charge is 0.263 e. The second-order valence-electron chi connectivity index (χ2n) is 8.15. The number of fused-ring (bicyclic) bond motifs is 3. The number of nitrogens with one attached hydrogen (secondary N) is 1. The summed E-state index contributed by atoms with van der Waals surface area (Å²) >= 11 is 6.35. The van der Waals surface area contributed by atoms with Gasteiger partial charge in [-0.1, -0.05) is 54.1 Å². The average Bonchev–Trinajstić information content (AvgIpc) is 3.30. The minimum Gasteiger partial charge on any atom is -0.352 e. The van der Waals surface area contributed by atoms with Crippen molar-refractivity contribution in [2.24, 2.45) is 0 Å². The fourth-order valence-electron chi connectivity index (χ4n) is 4.03. The summed E-state index contributed by atoms with van der Waals surface area (Å²) < 4.78 is 16.4. The third kappa shape index (κ3) is 4.65. The highest BCUT2D eigenvalue weighted by molar-refractivity contribution is 6.31. The number of halogens is 2. The molecule has 2 heterocycles. The number of aryl methyl sites for hydroxylation is 1. The van der Waals surface area contributed by atoms with Crippen LogP contribution in [-0.2, 0) is 24.3 Å². The van der Waals surface area contributed by atoms with Crippen LogP contribution in [0.15, 0.2) is 77.6 Å². The van der Waals surface area contributed by atoms with Gasteiger partial charge in [0.2, 0.25) is 11.7 Å². The molecular weight excluding hydrogens is 469 g/mol. The molecule has 0 unspecified atom stereocenters. The van der Waals surface area contributed by atoms with Crippen molar-refractivity contribution in [3.05, 3.63) is 111 Å². The van der Waals surface area contributed by atoms with Gasteiger partial charge in [0.1, 0.15) is 11.6 Å². The minimum absolute atomic E-state index is 0.167. The van der Waals surface area contributed by atoms with Crippen LogP contribution >= 0.6 is 11.6 Å². The van der Waals surface area contributed by atoms with Gasteiger partial charge >= 0.3 is 0 Å². The zero-order chi connectivity index (χ0) is 24.4. The van der Waals surface area contributed by atoms with Gasteiger partial charge in [-0.05, 0) is 41.5 Å². The molecule has 0 aliphatic rings. The summed E-state index contributed by atoms with van der Waals surface area (Å²) in [4.78, 5) is 25.8. The average molecular weight is 490 g/mol. The largest absolute Gasteiger partial charge is 0.352 e. The second-order valence-corrected chi connectivity index (χ2v) is 8.56. The van der Waals surface area contributed by atoms with Gasteiger partial charge < -0.3 is 5.32 Å². The molecule has 2 aromatic heterocycles. The van der Waals surface area contributed by atoms with E-state index < -0.39 is 0 Å². The van der Waals surface area contributed by atoms with Gasteiger partial charge in [-0.3, -0.25) is 18.6 Å². The third-order valence-electron chi connectivity index (χ3n) is 5.84. The third-order valence-corrected chi connectivity index (χ3v) is 6.21. The quantitative estimate of drug-likeness (QED) is 0.372. The van der Waals surface area contributed by atoms with E-state index in [0.717, 1.165) is 11.1 Å². The molecular formula is C26H21ClFN5O2. The first-order valence-electron chi connectivity index (χ1n) is 11.1. The van der Waals surface area contributed by atoms with Crippen molar-refractivity contribution < 1.29 is 9.18 Å². The van der Waals surface area contributed by atoms with E-state index in [1.54, 1.807) is 28.8 Å². The van der Waals surface area contributed by atoms with Gasteiger partial charge in [-0.25, -0.2) is 4.39 Å². The Kier molecular flexibility index (Phi) is 6.29. The molecule has 0 aliphatic heterocycles. The van der Waals surface area contributed by atoms with Gasteiger partial charge in [-0.2, -0.15) is 0 Å². The maximum absolute atomic E-state index is 13.3. The monoisotopic (exact) mass is 489 g/mol. The fourth-order valence-corrected chi connectivity index (χ4v) is 4.23. The molecule has 0 fully saturated rings. The fraction of sp³-hybridized carbons (Fsp3) is 0.154. The van der Waals surface area contributed by atoms with Gasteiger partial charge in [0.15, 0.2) is 0 Å². The summed E-state index contributed by atoms with van der Waals surface area (Å²) in [6.45, 7) is 0.545. The van der Waals surface area contributed by atoms with E-state index in [0.29, 0.717) is 40.5 Å². The van der Waals surface area contributed by atoms with Gasteiger partial charge in [0.05, 0.1) is 17.4 Å². The van der Waals surface area contributed by atoms with Crippen LogP contribution in [0.5, 0.6) is 0 Å². The molecule has 9 heteroatoms. The number of amides is 1. The number of carbonyl (C=O) groups excluding carboxylic acids is 1. The molecule has 0 aliphatic carbocycles. The molecule has 5 rings (SSSR count). The molecule has 0 bridgehead atoms. The van der Waals surface area contributed by atoms with E-state index in [9.17, 15) is 14.0 Å². The highest BCUT2D eigenvalue weighted by atomic mass is 35.5. The Hall–Kier alpha value is -4.04. The normalized spacial score (nSPS) is 11.3. The van der Waals surface area contributed by atoms with E-state index in [2.05, 4.69) is 15.5 Å². The molecule has 0 atom stereocenters. The summed E-state index contributed by atoms with van der Waals surface area (Å²) in [6, 6.07) is 20.6. The van der Waals surface area contributed by atoms with Crippen molar-refractivity contribution in [1.82, 2.24) is 24.5 Å². The Labute approximate surface area is 204 Å². The molecule has 5 aromatic rings. The molecule has 176 valence electrons. The van der Waals surface area contributed by atoms with E-state index in [-0.39, 0.29) is 30.2 Å². The van der Waals surface area contributed by atoms with Gasteiger partial charge in [0, 0.05) is 24.4 Å². The van der Waals surface area contributed by atoms with Crippen LogP contribution in [0.25, 0.3) is 16.7 Å². The van der Waals surface area contributed by atoms with Crippen LogP contribution in [0.2, 0.25) is 5.02 Å². The van der Waals surface area contributed by atoms with Crippen LogP contribution < -0.4 is 10.9 Å². The highest BCUT2D eigenvalue weighted by Gasteiger charge is 2.18. The number of hydrogen-bond acceptors (Lipinski definition) is 4. The Balaban J connectivity index is 1.44. The van der Waals surface area contributed by atoms with Crippen molar-refractivity contribution in [2.45, 2.75) is 25.9 Å². The molecule has 0 spiro atoms. The second kappa shape index (κ2) is 9.68. The topological polar surface area (TPSA) is 81.3 Å². The van der Waals surface area contributed by atoms with Crippen molar-refractivity contribution in [3.63, 3.8) is 0 Å². The molecule has 1 amide bonds. The Bertz CT molecular complexity index is 1590. The lowest BCUT2D eigenvalue weighted by Crippen LogP contribution is -2.25. The predicted octanol–water partition coefficient (Wildman–Crippen LogP) is 4.13. The SMILES string of the molecule is O=C(CCc1nnc2n(Cc3ccccc3Cl)c(=O)c3ccccc3n12)NCc1ccc(F)cc1. The first-order chi connectivity index (χ1) is 17.0. The summed E-state index contributed by atoms with van der Waals surface area (Å²) in [5.74, 6) is 0.468. The number of carbonyl (C=O) groups is 1. The molecule has 0 saturated heterocycles. The number of rotatable bonds is 7.